The van der Waals surface area contributed by atoms with Crippen LogP contribution in [-0.2, 0) is 0 Å². The van der Waals surface area contributed by atoms with Crippen LogP contribution in [0.2, 0.25) is 0 Å². The maximum Gasteiger partial charge on any atom is 0.133 e. The molecule has 4 heteroatoms. The highest BCUT2D eigenvalue weighted by Crippen LogP contribution is 2.39. The zero-order valence-corrected chi connectivity index (χ0v) is 13.5. The highest BCUT2D eigenvalue weighted by Gasteiger charge is 2.16. The first-order valence-electron chi connectivity index (χ1n) is 6.19. The van der Waals surface area contributed by atoms with Gasteiger partial charge in [-0.3, -0.25) is 0 Å². The van der Waals surface area contributed by atoms with Crippen molar-refractivity contribution >= 4 is 27.5 Å². The molecule has 0 aliphatic heterocycles. The summed E-state index contributed by atoms with van der Waals surface area (Å²) in [5.41, 5.74) is 0.996. The minimum atomic E-state index is -0.0338. The fraction of sp³-hybridized carbons (Fsp3) is 0.571. The van der Waals surface area contributed by atoms with Gasteiger partial charge in [-0.05, 0) is 34.5 Å². The summed E-state index contributed by atoms with van der Waals surface area (Å²) in [7, 11) is 3.31. The lowest BCUT2D eigenvalue weighted by molar-refractivity contribution is 0.395. The SMILES string of the molecule is CCCCCC(Cl)c1cc(OC)c(Br)cc1OC. The van der Waals surface area contributed by atoms with E-state index in [9.17, 15) is 0 Å². The van der Waals surface area contributed by atoms with Gasteiger partial charge in [-0.2, -0.15) is 0 Å². The molecule has 18 heavy (non-hydrogen) atoms. The molecule has 1 aromatic rings. The second-order valence-corrected chi connectivity index (χ2v) is 5.57. The van der Waals surface area contributed by atoms with Gasteiger partial charge in [0.2, 0.25) is 0 Å². The Kier molecular flexibility index (Phi) is 6.87. The number of rotatable bonds is 7. The van der Waals surface area contributed by atoms with Gasteiger partial charge in [-0.25, -0.2) is 0 Å². The Hall–Kier alpha value is -0.410. The molecule has 0 spiro atoms. The maximum absolute atomic E-state index is 6.46. The van der Waals surface area contributed by atoms with Gasteiger partial charge in [-0.15, -0.1) is 11.6 Å². The largest absolute Gasteiger partial charge is 0.496 e. The van der Waals surface area contributed by atoms with Gasteiger partial charge in [-0.1, -0.05) is 26.2 Å². The van der Waals surface area contributed by atoms with Crippen molar-refractivity contribution in [2.75, 3.05) is 14.2 Å². The van der Waals surface area contributed by atoms with Crippen LogP contribution in [0.4, 0.5) is 0 Å². The number of halogens is 2. The second-order valence-electron chi connectivity index (χ2n) is 4.19. The van der Waals surface area contributed by atoms with E-state index in [0.29, 0.717) is 0 Å². The standard InChI is InChI=1S/C14H20BrClO2/c1-4-5-6-7-12(16)10-8-14(18-3)11(15)9-13(10)17-2/h8-9,12H,4-7H2,1-3H3. The molecule has 0 heterocycles. The lowest BCUT2D eigenvalue weighted by Gasteiger charge is -2.16. The Morgan fingerprint density at radius 2 is 1.83 bits per heavy atom. The third-order valence-corrected chi connectivity index (χ3v) is 3.98. The minimum Gasteiger partial charge on any atom is -0.496 e. The lowest BCUT2D eigenvalue weighted by atomic mass is 10.0. The summed E-state index contributed by atoms with van der Waals surface area (Å²) >= 11 is 9.90. The molecule has 0 radical (unpaired) electrons. The van der Waals surface area contributed by atoms with Gasteiger partial charge in [0.25, 0.3) is 0 Å². The van der Waals surface area contributed by atoms with Gasteiger partial charge < -0.3 is 9.47 Å². The van der Waals surface area contributed by atoms with Crippen molar-refractivity contribution in [2.24, 2.45) is 0 Å². The molecule has 1 unspecified atom stereocenters. The first-order valence-corrected chi connectivity index (χ1v) is 7.42. The summed E-state index contributed by atoms with van der Waals surface area (Å²) in [6.07, 6.45) is 4.49. The van der Waals surface area contributed by atoms with E-state index in [1.165, 1.54) is 12.8 Å². The second kappa shape index (κ2) is 7.90. The van der Waals surface area contributed by atoms with E-state index in [0.717, 1.165) is 34.4 Å². The molecule has 0 amide bonds. The van der Waals surface area contributed by atoms with Crippen LogP contribution in [0.1, 0.15) is 43.5 Å². The maximum atomic E-state index is 6.46. The van der Waals surface area contributed by atoms with Crippen molar-refractivity contribution in [3.63, 3.8) is 0 Å². The molecule has 0 aliphatic rings. The van der Waals surface area contributed by atoms with E-state index in [2.05, 4.69) is 22.9 Å². The third kappa shape index (κ3) is 4.06. The average molecular weight is 336 g/mol. The van der Waals surface area contributed by atoms with E-state index in [-0.39, 0.29) is 5.38 Å². The van der Waals surface area contributed by atoms with Crippen LogP contribution in [-0.4, -0.2) is 14.2 Å². The number of methoxy groups -OCH3 is 2. The smallest absolute Gasteiger partial charge is 0.133 e. The third-order valence-electron chi connectivity index (χ3n) is 2.90. The number of unbranched alkanes of at least 4 members (excludes halogenated alkanes) is 2. The molecule has 0 fully saturated rings. The van der Waals surface area contributed by atoms with Crippen LogP contribution >= 0.6 is 27.5 Å². The fourth-order valence-corrected chi connectivity index (χ4v) is 2.67. The van der Waals surface area contributed by atoms with E-state index < -0.39 is 0 Å². The Bertz CT molecular complexity index is 382. The zero-order chi connectivity index (χ0) is 13.5. The molecule has 0 saturated heterocycles. The highest BCUT2D eigenvalue weighted by molar-refractivity contribution is 9.10. The van der Waals surface area contributed by atoms with Crippen LogP contribution in [0.15, 0.2) is 16.6 Å². The molecule has 0 aliphatic carbocycles. The normalized spacial score (nSPS) is 12.3. The average Bonchev–Trinajstić information content (AvgIpc) is 2.38. The molecule has 102 valence electrons. The summed E-state index contributed by atoms with van der Waals surface area (Å²) < 4.78 is 11.6. The number of benzene rings is 1. The number of hydrogen-bond acceptors (Lipinski definition) is 2. The molecule has 1 rings (SSSR count). The zero-order valence-electron chi connectivity index (χ0n) is 11.1. The van der Waals surface area contributed by atoms with E-state index >= 15 is 0 Å². The molecule has 0 bridgehead atoms. The topological polar surface area (TPSA) is 18.5 Å². The molecular weight excluding hydrogens is 316 g/mol. The van der Waals surface area contributed by atoms with Crippen LogP contribution < -0.4 is 9.47 Å². The lowest BCUT2D eigenvalue weighted by Crippen LogP contribution is -1.98. The van der Waals surface area contributed by atoms with Gasteiger partial charge in [0.05, 0.1) is 24.1 Å². The van der Waals surface area contributed by atoms with Crippen molar-refractivity contribution in [3.8, 4) is 11.5 Å². The van der Waals surface area contributed by atoms with Crippen molar-refractivity contribution in [2.45, 2.75) is 38.0 Å². The minimum absolute atomic E-state index is 0.0338. The summed E-state index contributed by atoms with van der Waals surface area (Å²) in [4.78, 5) is 0. The summed E-state index contributed by atoms with van der Waals surface area (Å²) in [5, 5.41) is -0.0338. The van der Waals surface area contributed by atoms with Gasteiger partial charge in [0, 0.05) is 5.56 Å². The first-order chi connectivity index (χ1) is 8.63. The summed E-state index contributed by atoms with van der Waals surface area (Å²) in [5.74, 6) is 1.59. The van der Waals surface area contributed by atoms with Crippen LogP contribution in [0.25, 0.3) is 0 Å². The van der Waals surface area contributed by atoms with Crippen molar-refractivity contribution in [1.29, 1.82) is 0 Å². The molecule has 0 aromatic heterocycles. The first kappa shape index (κ1) is 15.6. The Morgan fingerprint density at radius 1 is 1.17 bits per heavy atom. The molecule has 0 N–H and O–H groups in total. The Balaban J connectivity index is 2.90. The summed E-state index contributed by atoms with van der Waals surface area (Å²) in [6, 6.07) is 3.86. The number of ether oxygens (including phenoxy) is 2. The van der Waals surface area contributed by atoms with E-state index in [1.807, 2.05) is 12.1 Å². The Morgan fingerprint density at radius 3 is 2.39 bits per heavy atom. The summed E-state index contributed by atoms with van der Waals surface area (Å²) in [6.45, 7) is 2.19. The Labute approximate surface area is 123 Å². The molecule has 1 atom stereocenters. The molecule has 0 saturated carbocycles. The van der Waals surface area contributed by atoms with Crippen molar-refractivity contribution in [1.82, 2.24) is 0 Å². The molecular formula is C14H20BrClO2. The molecule has 2 nitrogen and oxygen atoms in total. The predicted octanol–water partition coefficient (Wildman–Crippen LogP) is 5.33. The number of alkyl halides is 1. The quantitative estimate of drug-likeness (QED) is 0.495. The van der Waals surface area contributed by atoms with Crippen LogP contribution in [0, 0.1) is 0 Å². The molecule has 1 aromatic carbocycles. The van der Waals surface area contributed by atoms with E-state index in [4.69, 9.17) is 21.1 Å². The van der Waals surface area contributed by atoms with Gasteiger partial charge >= 0.3 is 0 Å². The highest BCUT2D eigenvalue weighted by atomic mass is 79.9. The van der Waals surface area contributed by atoms with Crippen molar-refractivity contribution in [3.05, 3.63) is 22.2 Å². The van der Waals surface area contributed by atoms with Gasteiger partial charge in [0.15, 0.2) is 0 Å². The fourth-order valence-electron chi connectivity index (χ4n) is 1.86. The van der Waals surface area contributed by atoms with Crippen molar-refractivity contribution < 1.29 is 9.47 Å². The predicted molar refractivity (Wildman–Crippen MR) is 80.0 cm³/mol. The van der Waals surface area contributed by atoms with E-state index in [1.54, 1.807) is 14.2 Å². The van der Waals surface area contributed by atoms with Crippen LogP contribution in [0.3, 0.4) is 0 Å². The number of hydrogen-bond donors (Lipinski definition) is 0. The van der Waals surface area contributed by atoms with Crippen LogP contribution in [0.5, 0.6) is 11.5 Å². The monoisotopic (exact) mass is 334 g/mol. The van der Waals surface area contributed by atoms with Gasteiger partial charge in [0.1, 0.15) is 11.5 Å².